The zero-order chi connectivity index (χ0) is 25.8. The van der Waals surface area contributed by atoms with Crippen LogP contribution in [0.5, 0.6) is 0 Å². The van der Waals surface area contributed by atoms with Crippen molar-refractivity contribution >= 4 is 34.5 Å². The zero-order valence-corrected chi connectivity index (χ0v) is 20.6. The van der Waals surface area contributed by atoms with E-state index < -0.39 is 9.85 Å². The van der Waals surface area contributed by atoms with Crippen LogP contribution in [0.15, 0.2) is 48.5 Å². The molecule has 2 heterocycles. The molecule has 3 aromatic rings. The Morgan fingerprint density at radius 2 is 1.11 bits per heavy atom. The highest BCUT2D eigenvalue weighted by Gasteiger charge is 2.41. The molecule has 2 aromatic carbocycles. The number of nitro groups is 2. The predicted octanol–water partition coefficient (Wildman–Crippen LogP) is 6.86. The van der Waals surface area contributed by atoms with Crippen molar-refractivity contribution in [2.75, 3.05) is 6.54 Å². The maximum Gasteiger partial charge on any atom is 0.269 e. The van der Waals surface area contributed by atoms with E-state index in [2.05, 4.69) is 6.92 Å². The van der Waals surface area contributed by atoms with Gasteiger partial charge in [0, 0.05) is 40.6 Å². The van der Waals surface area contributed by atoms with Crippen molar-refractivity contribution in [3.8, 4) is 20.9 Å². The summed E-state index contributed by atoms with van der Waals surface area (Å²) < 4.78 is 0. The van der Waals surface area contributed by atoms with Gasteiger partial charge in [0.25, 0.3) is 23.2 Å². The van der Waals surface area contributed by atoms with Gasteiger partial charge in [-0.1, -0.05) is 39.0 Å². The standard InChI is InChI=1S/C26H25N3O6S/c1-2-3-4-5-6-7-16-27-25(30)21-22(26(27)31)24(18-10-14-20(15-11-18)29(34)35)36-23(21)17-8-12-19(13-9-17)28(32)33/h8-15H,2-7,16H2,1H3. The van der Waals surface area contributed by atoms with Crippen LogP contribution in [0.3, 0.4) is 0 Å². The van der Waals surface area contributed by atoms with Crippen molar-refractivity contribution in [1.82, 2.24) is 4.90 Å². The monoisotopic (exact) mass is 507 g/mol. The Labute approximate surface area is 211 Å². The predicted molar refractivity (Wildman–Crippen MR) is 137 cm³/mol. The van der Waals surface area contributed by atoms with Gasteiger partial charge in [-0.25, -0.2) is 0 Å². The van der Waals surface area contributed by atoms with E-state index in [0.717, 1.165) is 32.1 Å². The van der Waals surface area contributed by atoms with Crippen molar-refractivity contribution in [2.24, 2.45) is 0 Å². The van der Waals surface area contributed by atoms with Crippen molar-refractivity contribution < 1.29 is 19.4 Å². The first-order valence-corrected chi connectivity index (χ1v) is 12.7. The molecule has 0 aliphatic carbocycles. The number of rotatable bonds is 11. The Morgan fingerprint density at radius 1 is 0.694 bits per heavy atom. The van der Waals surface area contributed by atoms with Gasteiger partial charge in [-0.05, 0) is 41.8 Å². The van der Waals surface area contributed by atoms with Crippen LogP contribution in [0.2, 0.25) is 0 Å². The van der Waals surface area contributed by atoms with Gasteiger partial charge < -0.3 is 0 Å². The Bertz CT molecular complexity index is 1220. The summed E-state index contributed by atoms with van der Waals surface area (Å²) in [5.74, 6) is -0.748. The summed E-state index contributed by atoms with van der Waals surface area (Å²) in [6, 6.07) is 11.7. The Balaban J connectivity index is 1.71. The molecule has 2 amide bonds. The van der Waals surface area contributed by atoms with Gasteiger partial charge >= 0.3 is 0 Å². The molecule has 0 bridgehead atoms. The van der Waals surface area contributed by atoms with E-state index >= 15 is 0 Å². The minimum Gasteiger partial charge on any atom is -0.274 e. The molecule has 1 aliphatic rings. The summed E-state index contributed by atoms with van der Waals surface area (Å²) in [5.41, 5.74) is 1.62. The molecule has 9 nitrogen and oxygen atoms in total. The molecule has 0 saturated heterocycles. The summed E-state index contributed by atoms with van der Waals surface area (Å²) in [4.78, 5) is 50.4. The fraction of sp³-hybridized carbons (Fsp3) is 0.308. The van der Waals surface area contributed by atoms with Gasteiger partial charge in [0.15, 0.2) is 0 Å². The summed E-state index contributed by atoms with van der Waals surface area (Å²) in [6.45, 7) is 2.47. The number of fused-ring (bicyclic) bond motifs is 1. The van der Waals surface area contributed by atoms with Crippen LogP contribution >= 0.6 is 11.3 Å². The highest BCUT2D eigenvalue weighted by Crippen LogP contribution is 2.46. The minimum atomic E-state index is -0.498. The van der Waals surface area contributed by atoms with Crippen LogP contribution in [0.25, 0.3) is 20.9 Å². The molecular formula is C26H25N3O6S. The third-order valence-corrected chi connectivity index (χ3v) is 7.53. The van der Waals surface area contributed by atoms with E-state index in [9.17, 15) is 29.8 Å². The Hall–Kier alpha value is -3.92. The number of thiophene rings is 1. The average molecular weight is 508 g/mol. The fourth-order valence-corrected chi connectivity index (χ4v) is 5.63. The number of nitro benzene ring substituents is 2. The van der Waals surface area contributed by atoms with E-state index in [1.807, 2.05) is 0 Å². The number of unbranched alkanes of at least 4 members (excludes halogenated alkanes) is 5. The molecule has 0 fully saturated rings. The second-order valence-electron chi connectivity index (χ2n) is 8.65. The van der Waals surface area contributed by atoms with Crippen LogP contribution in [0, 0.1) is 20.2 Å². The van der Waals surface area contributed by atoms with Gasteiger partial charge in [-0.15, -0.1) is 11.3 Å². The zero-order valence-electron chi connectivity index (χ0n) is 19.8. The lowest BCUT2D eigenvalue weighted by molar-refractivity contribution is -0.385. The molecule has 0 saturated carbocycles. The smallest absolute Gasteiger partial charge is 0.269 e. The quantitative estimate of drug-likeness (QED) is 0.121. The van der Waals surface area contributed by atoms with Crippen LogP contribution < -0.4 is 0 Å². The SMILES string of the molecule is CCCCCCCCN1C(=O)c2c(-c3ccc([N+](=O)[O-])cc3)sc(-c3ccc([N+](=O)[O-])cc3)c2C1=O. The molecule has 0 spiro atoms. The average Bonchev–Trinajstić information content (AvgIpc) is 3.38. The van der Waals surface area contributed by atoms with Crippen molar-refractivity contribution in [2.45, 2.75) is 45.4 Å². The number of imide groups is 1. The molecule has 0 atom stereocenters. The first kappa shape index (κ1) is 25.2. The molecule has 1 aromatic heterocycles. The largest absolute Gasteiger partial charge is 0.274 e. The number of carbonyl (C=O) groups excluding carboxylic acids is 2. The van der Waals surface area contributed by atoms with Gasteiger partial charge in [-0.2, -0.15) is 0 Å². The highest BCUT2D eigenvalue weighted by atomic mass is 32.1. The first-order valence-electron chi connectivity index (χ1n) is 11.9. The van der Waals surface area contributed by atoms with E-state index in [-0.39, 0.29) is 34.3 Å². The second-order valence-corrected chi connectivity index (χ2v) is 9.67. The van der Waals surface area contributed by atoms with Crippen LogP contribution in [-0.4, -0.2) is 33.1 Å². The molecule has 4 rings (SSSR count). The van der Waals surface area contributed by atoms with Crippen LogP contribution in [-0.2, 0) is 0 Å². The number of hydrogen-bond donors (Lipinski definition) is 0. The normalized spacial score (nSPS) is 12.8. The van der Waals surface area contributed by atoms with E-state index in [1.165, 1.54) is 40.5 Å². The summed E-state index contributed by atoms with van der Waals surface area (Å²) >= 11 is 1.24. The minimum absolute atomic E-state index is 0.0744. The topological polar surface area (TPSA) is 124 Å². The van der Waals surface area contributed by atoms with Gasteiger partial charge in [0.2, 0.25) is 0 Å². The third-order valence-electron chi connectivity index (χ3n) is 6.24. The maximum atomic E-state index is 13.4. The number of nitrogens with zero attached hydrogens (tertiary/aromatic N) is 3. The van der Waals surface area contributed by atoms with Crippen molar-refractivity contribution in [3.05, 3.63) is 79.9 Å². The third kappa shape index (κ3) is 4.90. The van der Waals surface area contributed by atoms with Gasteiger partial charge in [0.1, 0.15) is 0 Å². The number of non-ortho nitro benzene ring substituents is 2. The Morgan fingerprint density at radius 3 is 1.53 bits per heavy atom. The lowest BCUT2D eigenvalue weighted by Crippen LogP contribution is -2.31. The summed E-state index contributed by atoms with van der Waals surface area (Å²) in [5, 5.41) is 22.2. The van der Waals surface area contributed by atoms with Crippen LogP contribution in [0.4, 0.5) is 11.4 Å². The fourth-order valence-electron chi connectivity index (χ4n) is 4.33. The second kappa shape index (κ2) is 10.8. The summed E-state index contributed by atoms with van der Waals surface area (Å²) in [6.07, 6.45) is 6.12. The van der Waals surface area contributed by atoms with Gasteiger partial charge in [-0.3, -0.25) is 34.7 Å². The molecule has 186 valence electrons. The number of hydrogen-bond acceptors (Lipinski definition) is 7. The lowest BCUT2D eigenvalue weighted by atomic mass is 10.0. The maximum absolute atomic E-state index is 13.4. The number of benzene rings is 2. The molecule has 0 unspecified atom stereocenters. The van der Waals surface area contributed by atoms with E-state index in [1.54, 1.807) is 24.3 Å². The molecule has 0 N–H and O–H groups in total. The lowest BCUT2D eigenvalue weighted by Gasteiger charge is -2.15. The molecule has 10 heteroatoms. The van der Waals surface area contributed by atoms with E-state index in [0.29, 0.717) is 33.8 Å². The Kier molecular flexibility index (Phi) is 7.54. The van der Waals surface area contributed by atoms with Gasteiger partial charge in [0.05, 0.1) is 21.0 Å². The molecular weight excluding hydrogens is 482 g/mol. The van der Waals surface area contributed by atoms with Crippen molar-refractivity contribution in [3.63, 3.8) is 0 Å². The number of amides is 2. The number of carbonyl (C=O) groups is 2. The summed E-state index contributed by atoms with van der Waals surface area (Å²) in [7, 11) is 0. The highest BCUT2D eigenvalue weighted by molar-refractivity contribution is 7.20. The molecule has 0 radical (unpaired) electrons. The van der Waals surface area contributed by atoms with E-state index in [4.69, 9.17) is 0 Å². The molecule has 1 aliphatic heterocycles. The van der Waals surface area contributed by atoms with Crippen molar-refractivity contribution in [1.29, 1.82) is 0 Å². The molecule has 36 heavy (non-hydrogen) atoms. The first-order chi connectivity index (χ1) is 17.3. The van der Waals surface area contributed by atoms with Crippen LogP contribution in [0.1, 0.15) is 66.2 Å².